The molecule has 2 aliphatic carbocycles. The Bertz CT molecular complexity index is 702. The topological polar surface area (TPSA) is 38.7 Å². The molecule has 2 atom stereocenters. The van der Waals surface area contributed by atoms with Crippen LogP contribution in [0.4, 0.5) is 13.2 Å². The molecule has 0 amide bonds. The zero-order valence-corrected chi connectivity index (χ0v) is 13.9. The molecule has 24 heavy (non-hydrogen) atoms. The van der Waals surface area contributed by atoms with Gasteiger partial charge in [-0.15, -0.1) is 0 Å². The van der Waals surface area contributed by atoms with Gasteiger partial charge in [-0.05, 0) is 43.4 Å². The number of carbonyl (C=O) groups is 1. The number of benzene rings is 1. The lowest BCUT2D eigenvalue weighted by Crippen LogP contribution is -2.36. The average Bonchev–Trinajstić information content (AvgIpc) is 2.97. The SMILES string of the molecule is CC1(C)/C(=N/OC(=O)c2cccc(C(F)(F)F)c2)[C@]2(C)CC[C@@H]1C2. The second-order valence-electron chi connectivity index (χ2n) is 7.62. The molecule has 0 aliphatic heterocycles. The van der Waals surface area contributed by atoms with E-state index in [4.69, 9.17) is 4.84 Å². The fraction of sp³-hybridized carbons (Fsp3) is 0.556. The molecule has 3 nitrogen and oxygen atoms in total. The summed E-state index contributed by atoms with van der Waals surface area (Å²) < 4.78 is 38.2. The molecule has 2 aliphatic rings. The standard InChI is InChI=1S/C18H20F3NO2/c1-16(2)13-7-8-17(3,10-13)15(16)22-24-14(23)11-5-4-6-12(9-11)18(19,20)21/h4-6,9,13H,7-8,10H2,1-3H3/b22-15-/t13-,17-/m1/s1. The molecule has 0 N–H and O–H groups in total. The van der Waals surface area contributed by atoms with Gasteiger partial charge in [0.2, 0.25) is 0 Å². The molecule has 3 rings (SSSR count). The number of halogens is 3. The average molecular weight is 339 g/mol. The molecular formula is C18H20F3NO2. The summed E-state index contributed by atoms with van der Waals surface area (Å²) in [5.41, 5.74) is -0.424. The Morgan fingerprint density at radius 1 is 1.29 bits per heavy atom. The molecule has 0 spiro atoms. The first kappa shape index (κ1) is 17.0. The maximum atomic E-state index is 12.7. The van der Waals surface area contributed by atoms with Crippen molar-refractivity contribution in [2.75, 3.05) is 0 Å². The summed E-state index contributed by atoms with van der Waals surface area (Å²) >= 11 is 0. The van der Waals surface area contributed by atoms with E-state index < -0.39 is 17.7 Å². The highest BCUT2D eigenvalue weighted by molar-refractivity contribution is 5.98. The van der Waals surface area contributed by atoms with Gasteiger partial charge in [-0.1, -0.05) is 32.0 Å². The summed E-state index contributed by atoms with van der Waals surface area (Å²) in [5, 5.41) is 4.08. The summed E-state index contributed by atoms with van der Waals surface area (Å²) in [6.45, 7) is 6.27. The van der Waals surface area contributed by atoms with E-state index in [0.717, 1.165) is 37.1 Å². The van der Waals surface area contributed by atoms with E-state index in [1.807, 2.05) is 0 Å². The van der Waals surface area contributed by atoms with Crippen molar-refractivity contribution in [3.63, 3.8) is 0 Å². The molecule has 0 unspecified atom stereocenters. The Morgan fingerprint density at radius 2 is 2.00 bits per heavy atom. The van der Waals surface area contributed by atoms with Crippen molar-refractivity contribution in [3.05, 3.63) is 35.4 Å². The van der Waals surface area contributed by atoms with E-state index in [9.17, 15) is 18.0 Å². The molecule has 2 bridgehead atoms. The van der Waals surface area contributed by atoms with E-state index >= 15 is 0 Å². The number of oxime groups is 1. The van der Waals surface area contributed by atoms with Crippen LogP contribution in [0.15, 0.2) is 29.4 Å². The van der Waals surface area contributed by atoms with Gasteiger partial charge < -0.3 is 4.84 Å². The van der Waals surface area contributed by atoms with Gasteiger partial charge in [-0.3, -0.25) is 0 Å². The summed E-state index contributed by atoms with van der Waals surface area (Å²) in [4.78, 5) is 17.1. The molecule has 130 valence electrons. The quantitative estimate of drug-likeness (QED) is 0.558. The van der Waals surface area contributed by atoms with Crippen molar-refractivity contribution >= 4 is 11.7 Å². The van der Waals surface area contributed by atoms with Crippen LogP contribution in [0.2, 0.25) is 0 Å². The number of fused-ring (bicyclic) bond motifs is 2. The molecule has 0 saturated heterocycles. The summed E-state index contributed by atoms with van der Waals surface area (Å²) in [5.74, 6) is -0.357. The van der Waals surface area contributed by atoms with Crippen LogP contribution in [0.5, 0.6) is 0 Å². The third-order valence-electron chi connectivity index (χ3n) is 5.59. The van der Waals surface area contributed by atoms with Crippen molar-refractivity contribution in [2.24, 2.45) is 21.9 Å². The minimum absolute atomic E-state index is 0.0811. The highest BCUT2D eigenvalue weighted by Crippen LogP contribution is 2.60. The molecule has 6 heteroatoms. The molecule has 2 saturated carbocycles. The summed E-state index contributed by atoms with van der Waals surface area (Å²) in [6.07, 6.45) is -1.35. The Hall–Kier alpha value is -1.85. The molecular weight excluding hydrogens is 319 g/mol. The van der Waals surface area contributed by atoms with E-state index in [2.05, 4.69) is 25.9 Å². The van der Waals surface area contributed by atoms with Crippen LogP contribution in [0.1, 0.15) is 56.0 Å². The van der Waals surface area contributed by atoms with Crippen LogP contribution in [0, 0.1) is 16.7 Å². The van der Waals surface area contributed by atoms with Crippen LogP contribution in [0.25, 0.3) is 0 Å². The highest BCUT2D eigenvalue weighted by atomic mass is 19.4. The fourth-order valence-corrected chi connectivity index (χ4v) is 4.23. The Morgan fingerprint density at radius 3 is 2.58 bits per heavy atom. The van der Waals surface area contributed by atoms with Gasteiger partial charge in [0.05, 0.1) is 16.8 Å². The van der Waals surface area contributed by atoms with E-state index in [-0.39, 0.29) is 16.4 Å². The molecule has 2 fully saturated rings. The number of carbonyl (C=O) groups excluding carboxylic acids is 1. The number of alkyl halides is 3. The minimum atomic E-state index is -4.50. The summed E-state index contributed by atoms with van der Waals surface area (Å²) in [6, 6.07) is 4.19. The molecule has 1 aromatic carbocycles. The monoisotopic (exact) mass is 339 g/mol. The van der Waals surface area contributed by atoms with Crippen LogP contribution < -0.4 is 0 Å². The van der Waals surface area contributed by atoms with Gasteiger partial charge >= 0.3 is 12.1 Å². The van der Waals surface area contributed by atoms with Crippen molar-refractivity contribution in [1.82, 2.24) is 0 Å². The first-order chi connectivity index (χ1) is 11.0. The minimum Gasteiger partial charge on any atom is -0.313 e. The lowest BCUT2D eigenvalue weighted by molar-refractivity contribution is -0.137. The van der Waals surface area contributed by atoms with Gasteiger partial charge in [0.1, 0.15) is 0 Å². The molecule has 0 radical (unpaired) electrons. The van der Waals surface area contributed by atoms with Gasteiger partial charge in [-0.25, -0.2) is 4.79 Å². The Kier molecular flexibility index (Phi) is 3.77. The molecule has 0 aromatic heterocycles. The highest BCUT2D eigenvalue weighted by Gasteiger charge is 2.57. The van der Waals surface area contributed by atoms with Crippen molar-refractivity contribution in [1.29, 1.82) is 0 Å². The number of rotatable bonds is 2. The fourth-order valence-electron chi connectivity index (χ4n) is 4.23. The lowest BCUT2D eigenvalue weighted by Gasteiger charge is -2.34. The van der Waals surface area contributed by atoms with Gasteiger partial charge in [0.15, 0.2) is 0 Å². The van der Waals surface area contributed by atoms with Crippen molar-refractivity contribution < 1.29 is 22.8 Å². The number of nitrogens with zero attached hydrogens (tertiary/aromatic N) is 1. The first-order valence-corrected chi connectivity index (χ1v) is 8.02. The van der Waals surface area contributed by atoms with Crippen molar-refractivity contribution in [3.8, 4) is 0 Å². The number of hydrogen-bond donors (Lipinski definition) is 0. The molecule has 1 aromatic rings. The third kappa shape index (κ3) is 2.72. The molecule has 0 heterocycles. The van der Waals surface area contributed by atoms with Crippen LogP contribution >= 0.6 is 0 Å². The van der Waals surface area contributed by atoms with E-state index in [0.29, 0.717) is 5.92 Å². The smallest absolute Gasteiger partial charge is 0.313 e. The van der Waals surface area contributed by atoms with Gasteiger partial charge in [0.25, 0.3) is 0 Å². The maximum Gasteiger partial charge on any atom is 0.416 e. The largest absolute Gasteiger partial charge is 0.416 e. The Balaban J connectivity index is 1.81. The van der Waals surface area contributed by atoms with Crippen LogP contribution in [0.3, 0.4) is 0 Å². The predicted octanol–water partition coefficient (Wildman–Crippen LogP) is 5.06. The van der Waals surface area contributed by atoms with Crippen LogP contribution in [-0.4, -0.2) is 11.7 Å². The summed E-state index contributed by atoms with van der Waals surface area (Å²) in [7, 11) is 0. The lowest BCUT2D eigenvalue weighted by atomic mass is 9.71. The van der Waals surface area contributed by atoms with E-state index in [1.54, 1.807) is 0 Å². The van der Waals surface area contributed by atoms with Gasteiger partial charge in [0, 0.05) is 10.8 Å². The second kappa shape index (κ2) is 5.33. The third-order valence-corrected chi connectivity index (χ3v) is 5.59. The predicted molar refractivity (Wildman–Crippen MR) is 83.5 cm³/mol. The van der Waals surface area contributed by atoms with Gasteiger partial charge in [-0.2, -0.15) is 13.2 Å². The normalized spacial score (nSPS) is 29.9. The van der Waals surface area contributed by atoms with E-state index in [1.165, 1.54) is 12.1 Å². The number of hydrogen-bond acceptors (Lipinski definition) is 3. The zero-order chi connectivity index (χ0) is 17.8. The first-order valence-electron chi connectivity index (χ1n) is 8.02. The Labute approximate surface area is 138 Å². The van der Waals surface area contributed by atoms with Crippen molar-refractivity contribution in [2.45, 2.75) is 46.2 Å². The van der Waals surface area contributed by atoms with Crippen LogP contribution in [-0.2, 0) is 11.0 Å². The maximum absolute atomic E-state index is 12.7. The second-order valence-corrected chi connectivity index (χ2v) is 7.62. The zero-order valence-electron chi connectivity index (χ0n) is 13.9.